The van der Waals surface area contributed by atoms with Gasteiger partial charge < -0.3 is 10.6 Å². The minimum Gasteiger partial charge on any atom is -0.338 e. The number of halogens is 1. The van der Waals surface area contributed by atoms with Crippen molar-refractivity contribution in [3.8, 4) is 0 Å². The van der Waals surface area contributed by atoms with Gasteiger partial charge in [-0.1, -0.05) is 24.3 Å². The molecule has 2 unspecified atom stereocenters. The van der Waals surface area contributed by atoms with E-state index in [1.807, 2.05) is 11.2 Å². The number of rotatable bonds is 5. The van der Waals surface area contributed by atoms with Crippen molar-refractivity contribution < 1.29 is 4.79 Å². The Balaban J connectivity index is 0.00000242. The van der Waals surface area contributed by atoms with Crippen molar-refractivity contribution in [2.75, 3.05) is 18.6 Å². The Morgan fingerprint density at radius 3 is 2.77 bits per heavy atom. The first kappa shape index (κ1) is 19.3. The number of aryl methyl sites for hydroxylation is 1. The van der Waals surface area contributed by atoms with E-state index in [9.17, 15) is 4.79 Å². The highest BCUT2D eigenvalue weighted by Crippen LogP contribution is 2.33. The molecule has 0 aliphatic carbocycles. The topological polar surface area (TPSA) is 46.3 Å². The molecule has 1 aliphatic rings. The normalized spacial score (nSPS) is 22.3. The van der Waals surface area contributed by atoms with Crippen molar-refractivity contribution in [1.82, 2.24) is 4.90 Å². The van der Waals surface area contributed by atoms with Crippen LogP contribution >= 0.6 is 24.2 Å². The highest BCUT2D eigenvalue weighted by molar-refractivity contribution is 7.98. The minimum atomic E-state index is -0.351. The van der Waals surface area contributed by atoms with E-state index >= 15 is 0 Å². The van der Waals surface area contributed by atoms with Crippen LogP contribution < -0.4 is 5.73 Å². The Kier molecular flexibility index (Phi) is 7.74. The van der Waals surface area contributed by atoms with E-state index in [0.717, 1.165) is 25.1 Å². The third-order valence-electron chi connectivity index (χ3n) is 4.44. The quantitative estimate of drug-likeness (QED) is 0.893. The number of benzene rings is 1. The fraction of sp³-hybridized carbons (Fsp3) is 0.588. The standard InChI is InChI=1S/C17H26N2OS.ClH/c1-12-6-4-5-7-15(12)14-10-13(2)19(11-14)17(20)16(18)8-9-21-3;/h4-7,13-14,16H,8-11,18H2,1-3H3;1H/t13?,14?,16-;/m0./s1. The molecule has 2 N–H and O–H groups in total. The second-order valence-electron chi connectivity index (χ2n) is 6.02. The van der Waals surface area contributed by atoms with E-state index in [1.165, 1.54) is 11.1 Å². The summed E-state index contributed by atoms with van der Waals surface area (Å²) >= 11 is 1.74. The maximum atomic E-state index is 12.5. The lowest BCUT2D eigenvalue weighted by Gasteiger charge is -2.25. The SMILES string of the molecule is CSCC[C@H](N)C(=O)N1CC(c2ccccc2C)CC1C.Cl. The van der Waals surface area contributed by atoms with Gasteiger partial charge in [-0.3, -0.25) is 4.79 Å². The van der Waals surface area contributed by atoms with E-state index in [2.05, 4.69) is 38.1 Å². The van der Waals surface area contributed by atoms with Crippen molar-refractivity contribution >= 4 is 30.1 Å². The van der Waals surface area contributed by atoms with Gasteiger partial charge in [0, 0.05) is 18.5 Å². The lowest BCUT2D eigenvalue weighted by atomic mass is 9.93. The molecule has 3 atom stereocenters. The van der Waals surface area contributed by atoms with Crippen LogP contribution in [0, 0.1) is 6.92 Å². The molecule has 5 heteroatoms. The number of carbonyl (C=O) groups is 1. The summed E-state index contributed by atoms with van der Waals surface area (Å²) in [6, 6.07) is 8.42. The zero-order valence-electron chi connectivity index (χ0n) is 13.6. The smallest absolute Gasteiger partial charge is 0.239 e. The summed E-state index contributed by atoms with van der Waals surface area (Å²) < 4.78 is 0. The van der Waals surface area contributed by atoms with Crippen LogP contribution in [0.1, 0.15) is 36.8 Å². The Bertz CT molecular complexity index is 497. The first-order valence-corrected chi connectivity index (χ1v) is 9.04. The van der Waals surface area contributed by atoms with Crippen LogP contribution in [0.5, 0.6) is 0 Å². The van der Waals surface area contributed by atoms with E-state index in [1.54, 1.807) is 11.8 Å². The lowest BCUT2D eigenvalue weighted by molar-refractivity contribution is -0.133. The molecular formula is C17H27ClN2OS. The van der Waals surface area contributed by atoms with E-state index in [0.29, 0.717) is 5.92 Å². The first-order valence-electron chi connectivity index (χ1n) is 7.65. The zero-order valence-corrected chi connectivity index (χ0v) is 15.3. The molecule has 0 spiro atoms. The number of likely N-dealkylation sites (tertiary alicyclic amines) is 1. The van der Waals surface area contributed by atoms with Gasteiger partial charge in [0.1, 0.15) is 0 Å². The zero-order chi connectivity index (χ0) is 15.4. The number of hydrogen-bond donors (Lipinski definition) is 1. The van der Waals surface area contributed by atoms with Crippen molar-refractivity contribution in [2.45, 2.75) is 44.7 Å². The van der Waals surface area contributed by atoms with Crippen molar-refractivity contribution in [3.63, 3.8) is 0 Å². The van der Waals surface area contributed by atoms with Gasteiger partial charge in [0.25, 0.3) is 0 Å². The van der Waals surface area contributed by atoms with E-state index in [-0.39, 0.29) is 30.4 Å². The summed E-state index contributed by atoms with van der Waals surface area (Å²) in [5.74, 6) is 1.50. The number of thioether (sulfide) groups is 1. The van der Waals surface area contributed by atoms with Gasteiger partial charge in [0.05, 0.1) is 6.04 Å². The average molecular weight is 343 g/mol. The van der Waals surface area contributed by atoms with E-state index in [4.69, 9.17) is 5.73 Å². The predicted octanol–water partition coefficient (Wildman–Crippen LogP) is 3.20. The molecule has 22 heavy (non-hydrogen) atoms. The Labute approximate surface area is 144 Å². The molecule has 0 saturated carbocycles. The minimum absolute atomic E-state index is 0. The highest BCUT2D eigenvalue weighted by atomic mass is 35.5. The van der Waals surface area contributed by atoms with Gasteiger partial charge in [-0.05, 0) is 49.8 Å². The van der Waals surface area contributed by atoms with Gasteiger partial charge in [-0.15, -0.1) is 12.4 Å². The predicted molar refractivity (Wildman–Crippen MR) is 97.9 cm³/mol. The number of amides is 1. The van der Waals surface area contributed by atoms with Crippen LogP contribution in [0.25, 0.3) is 0 Å². The fourth-order valence-electron chi connectivity index (χ4n) is 3.19. The molecule has 1 saturated heterocycles. The van der Waals surface area contributed by atoms with Gasteiger partial charge >= 0.3 is 0 Å². The maximum Gasteiger partial charge on any atom is 0.239 e. The molecule has 2 rings (SSSR count). The van der Waals surface area contributed by atoms with Gasteiger partial charge in [0.2, 0.25) is 5.91 Å². The van der Waals surface area contributed by atoms with E-state index < -0.39 is 0 Å². The molecule has 0 bridgehead atoms. The number of hydrogen-bond acceptors (Lipinski definition) is 3. The lowest BCUT2D eigenvalue weighted by Crippen LogP contribution is -2.45. The van der Waals surface area contributed by atoms with Crippen LogP contribution in [0.4, 0.5) is 0 Å². The van der Waals surface area contributed by atoms with Crippen molar-refractivity contribution in [2.24, 2.45) is 5.73 Å². The molecule has 1 aromatic carbocycles. The van der Waals surface area contributed by atoms with Crippen LogP contribution in [0.2, 0.25) is 0 Å². The van der Waals surface area contributed by atoms with Crippen LogP contribution in [0.3, 0.4) is 0 Å². The average Bonchev–Trinajstić information content (AvgIpc) is 2.86. The van der Waals surface area contributed by atoms with Gasteiger partial charge in [-0.2, -0.15) is 11.8 Å². The van der Waals surface area contributed by atoms with Crippen molar-refractivity contribution in [1.29, 1.82) is 0 Å². The van der Waals surface area contributed by atoms with Crippen LogP contribution in [-0.2, 0) is 4.79 Å². The first-order chi connectivity index (χ1) is 10.0. The Morgan fingerprint density at radius 1 is 1.45 bits per heavy atom. The Morgan fingerprint density at radius 2 is 2.14 bits per heavy atom. The third-order valence-corrected chi connectivity index (χ3v) is 5.08. The number of carbonyl (C=O) groups excluding carboxylic acids is 1. The number of nitrogens with two attached hydrogens (primary N) is 1. The molecule has 1 amide bonds. The second-order valence-corrected chi connectivity index (χ2v) is 7.00. The monoisotopic (exact) mass is 342 g/mol. The van der Waals surface area contributed by atoms with Crippen LogP contribution in [-0.4, -0.2) is 41.4 Å². The van der Waals surface area contributed by atoms with Gasteiger partial charge in [-0.25, -0.2) is 0 Å². The summed E-state index contributed by atoms with van der Waals surface area (Å²) in [4.78, 5) is 14.5. The molecule has 1 aliphatic heterocycles. The Hall–Kier alpha value is -0.710. The fourth-order valence-corrected chi connectivity index (χ4v) is 3.68. The maximum absolute atomic E-state index is 12.5. The molecule has 1 heterocycles. The third kappa shape index (κ3) is 4.40. The largest absolute Gasteiger partial charge is 0.338 e. The number of nitrogens with zero attached hydrogens (tertiary/aromatic N) is 1. The van der Waals surface area contributed by atoms with Gasteiger partial charge in [0.15, 0.2) is 0 Å². The molecular weight excluding hydrogens is 316 g/mol. The summed E-state index contributed by atoms with van der Waals surface area (Å²) in [5.41, 5.74) is 8.74. The molecule has 0 radical (unpaired) electrons. The summed E-state index contributed by atoms with van der Waals surface area (Å²) in [6.45, 7) is 5.09. The summed E-state index contributed by atoms with van der Waals surface area (Å²) in [5, 5.41) is 0. The molecule has 124 valence electrons. The molecule has 1 aromatic rings. The molecule has 0 aromatic heterocycles. The molecule has 3 nitrogen and oxygen atoms in total. The summed E-state index contributed by atoms with van der Waals surface area (Å²) in [6.07, 6.45) is 3.84. The molecule has 1 fully saturated rings. The van der Waals surface area contributed by atoms with Crippen LogP contribution in [0.15, 0.2) is 24.3 Å². The second kappa shape index (κ2) is 8.80. The highest BCUT2D eigenvalue weighted by Gasteiger charge is 2.35. The van der Waals surface area contributed by atoms with Crippen molar-refractivity contribution in [3.05, 3.63) is 35.4 Å². The summed E-state index contributed by atoms with van der Waals surface area (Å²) in [7, 11) is 0.